The maximum atomic E-state index is 11.9. The van der Waals surface area contributed by atoms with E-state index < -0.39 is 11.4 Å². The first-order chi connectivity index (χ1) is 10.1. The summed E-state index contributed by atoms with van der Waals surface area (Å²) in [5.74, 6) is 5.39. The Morgan fingerprint density at radius 1 is 1.33 bits per heavy atom. The Morgan fingerprint density at radius 2 is 1.95 bits per heavy atom. The minimum atomic E-state index is -0.797. The Labute approximate surface area is 126 Å². The smallest absolute Gasteiger partial charge is 0.314 e. The number of rotatable bonds is 4. The minimum Gasteiger partial charge on any atom is -0.481 e. The second-order valence-electron chi connectivity index (χ2n) is 5.80. The van der Waals surface area contributed by atoms with Crippen LogP contribution in [0.2, 0.25) is 0 Å². The molecule has 3 heteroatoms. The van der Waals surface area contributed by atoms with Crippen molar-refractivity contribution in [2.45, 2.75) is 38.0 Å². The molecule has 0 amide bonds. The third kappa shape index (κ3) is 3.28. The summed E-state index contributed by atoms with van der Waals surface area (Å²) in [5, 5.41) is 9.74. The molecule has 0 saturated heterocycles. The molecule has 3 nitrogen and oxygen atoms in total. The number of methoxy groups -OCH3 is 1. The molecule has 1 aliphatic carbocycles. The monoisotopic (exact) mass is 286 g/mol. The van der Waals surface area contributed by atoms with Gasteiger partial charge in [0.1, 0.15) is 6.61 Å². The van der Waals surface area contributed by atoms with Crippen molar-refractivity contribution >= 4 is 5.97 Å². The molecule has 0 aliphatic heterocycles. The molecule has 112 valence electrons. The predicted octanol–water partition coefficient (Wildman–Crippen LogP) is 3.22. The van der Waals surface area contributed by atoms with Crippen LogP contribution >= 0.6 is 0 Å². The molecule has 1 unspecified atom stereocenters. The van der Waals surface area contributed by atoms with E-state index in [0.29, 0.717) is 6.61 Å². The van der Waals surface area contributed by atoms with Gasteiger partial charge in [-0.05, 0) is 43.4 Å². The highest BCUT2D eigenvalue weighted by atomic mass is 16.5. The highest BCUT2D eigenvalue weighted by Crippen LogP contribution is 2.42. The summed E-state index contributed by atoms with van der Waals surface area (Å²) in [6.07, 6.45) is 4.26. The first-order valence-corrected chi connectivity index (χ1v) is 7.40. The second kappa shape index (κ2) is 6.78. The molecule has 0 aromatic heterocycles. The lowest BCUT2D eigenvalue weighted by Gasteiger charge is -2.32. The molecule has 1 aromatic carbocycles. The van der Waals surface area contributed by atoms with Crippen molar-refractivity contribution in [3.63, 3.8) is 0 Å². The first kappa shape index (κ1) is 15.6. The number of aliphatic carboxylic acids is 1. The van der Waals surface area contributed by atoms with Crippen molar-refractivity contribution in [3.05, 3.63) is 35.4 Å². The van der Waals surface area contributed by atoms with Gasteiger partial charge in [-0.25, -0.2) is 0 Å². The van der Waals surface area contributed by atoms with Crippen LogP contribution in [0.4, 0.5) is 0 Å². The quantitative estimate of drug-likeness (QED) is 0.864. The van der Waals surface area contributed by atoms with Crippen LogP contribution in [-0.4, -0.2) is 24.8 Å². The molecular formula is C18H22O3. The van der Waals surface area contributed by atoms with Crippen molar-refractivity contribution in [3.8, 4) is 11.8 Å². The van der Waals surface area contributed by atoms with Crippen molar-refractivity contribution in [2.24, 2.45) is 5.92 Å². The van der Waals surface area contributed by atoms with Gasteiger partial charge in [-0.2, -0.15) is 0 Å². The van der Waals surface area contributed by atoms with E-state index >= 15 is 0 Å². The zero-order chi connectivity index (χ0) is 15.3. The van der Waals surface area contributed by atoms with Crippen LogP contribution in [0.15, 0.2) is 24.3 Å². The van der Waals surface area contributed by atoms with Gasteiger partial charge >= 0.3 is 5.97 Å². The molecule has 0 spiro atoms. The maximum Gasteiger partial charge on any atom is 0.314 e. The van der Waals surface area contributed by atoms with E-state index in [2.05, 4.69) is 11.8 Å². The van der Waals surface area contributed by atoms with E-state index in [1.807, 2.05) is 31.2 Å². The van der Waals surface area contributed by atoms with Crippen LogP contribution in [0.3, 0.4) is 0 Å². The SMILES string of the molecule is COCC#Cc1ccc(C(C)(C(=O)O)C2CCCC2)cc1. The standard InChI is InChI=1S/C18H22O3/c1-18(17(19)20,15-7-3-4-8-15)16-11-9-14(10-12-16)6-5-13-21-2/h9-12,15H,3-4,7-8,13H2,1-2H3,(H,19,20). The number of carboxylic acids is 1. The highest BCUT2D eigenvalue weighted by molar-refractivity contribution is 5.81. The molecule has 0 bridgehead atoms. The van der Waals surface area contributed by atoms with Crippen LogP contribution in [0.1, 0.15) is 43.7 Å². The predicted molar refractivity (Wildman–Crippen MR) is 82.1 cm³/mol. The Bertz CT molecular complexity index is 544. The van der Waals surface area contributed by atoms with Crippen molar-refractivity contribution in [2.75, 3.05) is 13.7 Å². The van der Waals surface area contributed by atoms with E-state index in [9.17, 15) is 9.90 Å². The third-order valence-electron chi connectivity index (χ3n) is 4.55. The molecule has 1 atom stereocenters. The fourth-order valence-electron chi connectivity index (χ4n) is 3.15. The molecular weight excluding hydrogens is 264 g/mol. The lowest BCUT2D eigenvalue weighted by molar-refractivity contribution is -0.145. The Kier molecular flexibility index (Phi) is 5.03. The van der Waals surface area contributed by atoms with Crippen molar-refractivity contribution in [1.82, 2.24) is 0 Å². The number of carbonyl (C=O) groups is 1. The minimum absolute atomic E-state index is 0.223. The lowest BCUT2D eigenvalue weighted by atomic mass is 9.71. The van der Waals surface area contributed by atoms with Crippen molar-refractivity contribution in [1.29, 1.82) is 0 Å². The number of hydrogen-bond donors (Lipinski definition) is 1. The van der Waals surface area contributed by atoms with Gasteiger partial charge in [-0.1, -0.05) is 36.8 Å². The van der Waals surface area contributed by atoms with Crippen LogP contribution in [-0.2, 0) is 14.9 Å². The highest BCUT2D eigenvalue weighted by Gasteiger charge is 2.43. The molecule has 1 aliphatic rings. The summed E-state index contributed by atoms with van der Waals surface area (Å²) in [6.45, 7) is 2.26. The van der Waals surface area contributed by atoms with Crippen LogP contribution in [0.5, 0.6) is 0 Å². The molecule has 1 fully saturated rings. The fourth-order valence-corrected chi connectivity index (χ4v) is 3.15. The summed E-state index contributed by atoms with van der Waals surface area (Å²) in [6, 6.07) is 7.61. The van der Waals surface area contributed by atoms with E-state index in [1.165, 1.54) is 0 Å². The van der Waals surface area contributed by atoms with Gasteiger partial charge < -0.3 is 9.84 Å². The van der Waals surface area contributed by atoms with E-state index in [-0.39, 0.29) is 5.92 Å². The largest absolute Gasteiger partial charge is 0.481 e. The maximum absolute atomic E-state index is 11.9. The summed E-state index contributed by atoms with van der Waals surface area (Å²) in [4.78, 5) is 11.9. The van der Waals surface area contributed by atoms with E-state index in [4.69, 9.17) is 4.74 Å². The van der Waals surface area contributed by atoms with Crippen LogP contribution in [0.25, 0.3) is 0 Å². The fraction of sp³-hybridized carbons (Fsp3) is 0.500. The van der Waals surface area contributed by atoms with Crippen LogP contribution in [0, 0.1) is 17.8 Å². The van der Waals surface area contributed by atoms with Gasteiger partial charge in [0.05, 0.1) is 5.41 Å². The first-order valence-electron chi connectivity index (χ1n) is 7.40. The van der Waals surface area contributed by atoms with E-state index in [1.54, 1.807) is 7.11 Å². The number of hydrogen-bond acceptors (Lipinski definition) is 2. The number of benzene rings is 1. The Hall–Kier alpha value is -1.79. The molecule has 1 aromatic rings. The third-order valence-corrected chi connectivity index (χ3v) is 4.55. The summed E-state index contributed by atoms with van der Waals surface area (Å²) in [5.41, 5.74) is 0.962. The number of ether oxygens (including phenoxy) is 1. The van der Waals surface area contributed by atoms with Gasteiger partial charge in [0, 0.05) is 12.7 Å². The van der Waals surface area contributed by atoms with Gasteiger partial charge in [-0.15, -0.1) is 0 Å². The van der Waals surface area contributed by atoms with Crippen molar-refractivity contribution < 1.29 is 14.6 Å². The lowest BCUT2D eigenvalue weighted by Crippen LogP contribution is -2.39. The normalized spacial score (nSPS) is 17.8. The Balaban J connectivity index is 2.26. The number of carboxylic acid groups (broad SMARTS) is 1. The van der Waals surface area contributed by atoms with Crippen LogP contribution < -0.4 is 0 Å². The molecule has 2 rings (SSSR count). The summed E-state index contributed by atoms with van der Waals surface area (Å²) < 4.78 is 4.89. The Morgan fingerprint density at radius 3 is 2.48 bits per heavy atom. The van der Waals surface area contributed by atoms with Gasteiger partial charge in [0.2, 0.25) is 0 Å². The van der Waals surface area contributed by atoms with Gasteiger partial charge in [-0.3, -0.25) is 4.79 Å². The zero-order valence-electron chi connectivity index (χ0n) is 12.7. The average molecular weight is 286 g/mol. The summed E-state index contributed by atoms with van der Waals surface area (Å²) in [7, 11) is 1.61. The molecule has 0 radical (unpaired) electrons. The molecule has 1 saturated carbocycles. The topological polar surface area (TPSA) is 46.5 Å². The molecule has 1 N–H and O–H groups in total. The molecule has 21 heavy (non-hydrogen) atoms. The zero-order valence-corrected chi connectivity index (χ0v) is 12.7. The second-order valence-corrected chi connectivity index (χ2v) is 5.80. The van der Waals surface area contributed by atoms with E-state index in [0.717, 1.165) is 36.8 Å². The van der Waals surface area contributed by atoms with Gasteiger partial charge in [0.25, 0.3) is 0 Å². The summed E-state index contributed by atoms with van der Waals surface area (Å²) >= 11 is 0. The molecule has 0 heterocycles. The van der Waals surface area contributed by atoms with Gasteiger partial charge in [0.15, 0.2) is 0 Å². The average Bonchev–Trinajstić information content (AvgIpc) is 3.02.